The lowest BCUT2D eigenvalue weighted by Crippen LogP contribution is -2.07. The van der Waals surface area contributed by atoms with Crippen molar-refractivity contribution >= 4 is 43.6 Å². The van der Waals surface area contributed by atoms with Gasteiger partial charge in [-0.2, -0.15) is 23.7 Å². The van der Waals surface area contributed by atoms with Crippen molar-refractivity contribution in [2.45, 2.75) is 33.9 Å². The number of alkyl halides is 3. The van der Waals surface area contributed by atoms with E-state index in [0.29, 0.717) is 22.5 Å². The smallest absolute Gasteiger partial charge is 0.309 e. The number of rotatable bonds is 3. The van der Waals surface area contributed by atoms with Gasteiger partial charge in [-0.15, -0.1) is 0 Å². The van der Waals surface area contributed by atoms with Crippen LogP contribution in [-0.2, 0) is 6.18 Å². The third kappa shape index (κ3) is 4.82. The highest BCUT2D eigenvalue weighted by atomic mass is 19.4. The van der Waals surface area contributed by atoms with Gasteiger partial charge in [-0.1, -0.05) is 46.5 Å². The molecule has 0 aliphatic rings. The Labute approximate surface area is 286 Å². The third-order valence-electron chi connectivity index (χ3n) is 9.57. The molecule has 0 unspecified atom stereocenters. The van der Waals surface area contributed by atoms with E-state index in [1.165, 1.54) is 6.07 Å². The quantitative estimate of drug-likeness (QED) is 0.190. The SMILES string of the molecule is Cc1ccc2c(c1)c1cc(C)ccc1n2-c1cc(-c2cc(C#N)cc(C(F)(F)F)c2)c(-n2c3ccc(C)cc3c3cc(C)ccc32)cc1C#N. The average Bonchev–Trinajstić information content (AvgIpc) is 3.57. The summed E-state index contributed by atoms with van der Waals surface area (Å²) in [5.41, 5.74) is 8.82. The van der Waals surface area contributed by atoms with Crippen LogP contribution >= 0.6 is 0 Å². The summed E-state index contributed by atoms with van der Waals surface area (Å²) in [6.45, 7) is 8.10. The maximum Gasteiger partial charge on any atom is 0.416 e. The van der Waals surface area contributed by atoms with Gasteiger partial charge < -0.3 is 9.13 Å². The number of hydrogen-bond acceptors (Lipinski definition) is 2. The zero-order valence-corrected chi connectivity index (χ0v) is 27.7. The molecule has 0 saturated carbocycles. The van der Waals surface area contributed by atoms with Gasteiger partial charge in [-0.25, -0.2) is 0 Å². The molecular formula is C43H29F3N4. The van der Waals surface area contributed by atoms with E-state index in [1.54, 1.807) is 6.07 Å². The predicted octanol–water partition coefficient (Wildman–Crippen LogP) is 11.5. The summed E-state index contributed by atoms with van der Waals surface area (Å²) in [5.74, 6) is 0. The molecule has 242 valence electrons. The molecule has 50 heavy (non-hydrogen) atoms. The predicted molar refractivity (Wildman–Crippen MR) is 194 cm³/mol. The van der Waals surface area contributed by atoms with E-state index in [-0.39, 0.29) is 11.1 Å². The minimum absolute atomic E-state index is 0.108. The zero-order chi connectivity index (χ0) is 35.1. The molecule has 0 saturated heterocycles. The van der Waals surface area contributed by atoms with Gasteiger partial charge in [0.05, 0.1) is 56.2 Å². The van der Waals surface area contributed by atoms with Crippen molar-refractivity contribution in [3.63, 3.8) is 0 Å². The molecule has 0 bridgehead atoms. The van der Waals surface area contributed by atoms with Crippen molar-refractivity contribution in [2.75, 3.05) is 0 Å². The molecule has 0 atom stereocenters. The molecular weight excluding hydrogens is 629 g/mol. The second-order valence-corrected chi connectivity index (χ2v) is 13.2. The van der Waals surface area contributed by atoms with E-state index in [4.69, 9.17) is 0 Å². The van der Waals surface area contributed by atoms with Gasteiger partial charge in [0.2, 0.25) is 0 Å². The van der Waals surface area contributed by atoms with Crippen LogP contribution in [0, 0.1) is 50.4 Å². The summed E-state index contributed by atoms with van der Waals surface area (Å²) < 4.78 is 47.1. The molecule has 0 radical (unpaired) electrons. The molecule has 0 aliphatic carbocycles. The summed E-state index contributed by atoms with van der Waals surface area (Å²) in [6, 6.07) is 35.9. The summed E-state index contributed by atoms with van der Waals surface area (Å²) in [6.07, 6.45) is -4.68. The average molecular weight is 659 g/mol. The Morgan fingerprint density at radius 2 is 0.940 bits per heavy atom. The molecule has 0 N–H and O–H groups in total. The van der Waals surface area contributed by atoms with E-state index >= 15 is 0 Å². The normalized spacial score (nSPS) is 11.9. The van der Waals surface area contributed by atoms with Gasteiger partial charge in [0, 0.05) is 27.1 Å². The molecule has 0 fully saturated rings. The second-order valence-electron chi connectivity index (χ2n) is 13.2. The first-order chi connectivity index (χ1) is 23.9. The van der Waals surface area contributed by atoms with Crippen LogP contribution in [0.2, 0.25) is 0 Å². The highest BCUT2D eigenvalue weighted by molar-refractivity contribution is 6.11. The number of benzene rings is 6. The van der Waals surface area contributed by atoms with E-state index in [1.807, 2.05) is 97.5 Å². The van der Waals surface area contributed by atoms with Crippen LogP contribution < -0.4 is 0 Å². The number of hydrogen-bond donors (Lipinski definition) is 0. The Bertz CT molecular complexity index is 2700. The fourth-order valence-corrected chi connectivity index (χ4v) is 7.30. The minimum Gasteiger partial charge on any atom is -0.309 e. The lowest BCUT2D eigenvalue weighted by molar-refractivity contribution is -0.137. The van der Waals surface area contributed by atoms with Gasteiger partial charge in [0.25, 0.3) is 0 Å². The van der Waals surface area contributed by atoms with E-state index < -0.39 is 11.7 Å². The molecule has 8 aromatic rings. The van der Waals surface area contributed by atoms with Crippen LogP contribution in [0.4, 0.5) is 13.2 Å². The maximum absolute atomic E-state index is 14.3. The van der Waals surface area contributed by atoms with Crippen LogP contribution in [-0.4, -0.2) is 9.13 Å². The Morgan fingerprint density at radius 3 is 1.34 bits per heavy atom. The largest absolute Gasteiger partial charge is 0.416 e. The Hall–Kier alpha value is -6.31. The van der Waals surface area contributed by atoms with Crippen LogP contribution in [0.15, 0.2) is 103 Å². The molecule has 0 amide bonds. The van der Waals surface area contributed by atoms with Gasteiger partial charge >= 0.3 is 6.18 Å². The van der Waals surface area contributed by atoms with Crippen molar-refractivity contribution in [3.05, 3.63) is 142 Å². The highest BCUT2D eigenvalue weighted by Gasteiger charge is 2.32. The lowest BCUT2D eigenvalue weighted by Gasteiger charge is -2.20. The zero-order valence-electron chi connectivity index (χ0n) is 27.7. The molecule has 2 heterocycles. The first kappa shape index (κ1) is 31.0. The molecule has 0 spiro atoms. The van der Waals surface area contributed by atoms with Gasteiger partial charge in [0.15, 0.2) is 0 Å². The van der Waals surface area contributed by atoms with E-state index in [0.717, 1.165) is 78.0 Å². The molecule has 0 aliphatic heterocycles. The van der Waals surface area contributed by atoms with E-state index in [9.17, 15) is 23.7 Å². The first-order valence-electron chi connectivity index (χ1n) is 16.2. The van der Waals surface area contributed by atoms with Crippen LogP contribution in [0.25, 0.3) is 66.1 Å². The number of aryl methyl sites for hydroxylation is 4. The summed E-state index contributed by atoms with van der Waals surface area (Å²) >= 11 is 0. The van der Waals surface area contributed by atoms with Crippen LogP contribution in [0.1, 0.15) is 38.9 Å². The number of nitrogens with zero attached hydrogens (tertiary/aromatic N) is 4. The summed E-state index contributed by atoms with van der Waals surface area (Å²) in [5, 5.41) is 24.7. The third-order valence-corrected chi connectivity index (χ3v) is 9.57. The van der Waals surface area contributed by atoms with Gasteiger partial charge in [0.1, 0.15) is 6.07 Å². The minimum atomic E-state index is -4.68. The van der Waals surface area contributed by atoms with E-state index in [2.05, 4.69) is 30.3 Å². The summed E-state index contributed by atoms with van der Waals surface area (Å²) in [7, 11) is 0. The lowest BCUT2D eigenvalue weighted by atomic mass is 9.95. The molecule has 2 aromatic heterocycles. The Balaban J connectivity index is 1.56. The Morgan fingerprint density at radius 1 is 0.500 bits per heavy atom. The van der Waals surface area contributed by atoms with Crippen LogP contribution in [0.5, 0.6) is 0 Å². The Kier molecular flexibility index (Phi) is 6.89. The monoisotopic (exact) mass is 658 g/mol. The first-order valence-corrected chi connectivity index (χ1v) is 16.2. The highest BCUT2D eigenvalue weighted by Crippen LogP contribution is 2.42. The second kappa shape index (κ2) is 11.1. The fraction of sp³-hybridized carbons (Fsp3) is 0.116. The number of fused-ring (bicyclic) bond motifs is 6. The van der Waals surface area contributed by atoms with Crippen molar-refractivity contribution < 1.29 is 13.2 Å². The summed E-state index contributed by atoms with van der Waals surface area (Å²) in [4.78, 5) is 0. The van der Waals surface area contributed by atoms with Crippen molar-refractivity contribution in [2.24, 2.45) is 0 Å². The molecule has 8 rings (SSSR count). The maximum atomic E-state index is 14.3. The van der Waals surface area contributed by atoms with Gasteiger partial charge in [-0.05, 0) is 112 Å². The topological polar surface area (TPSA) is 57.4 Å². The van der Waals surface area contributed by atoms with Gasteiger partial charge in [-0.3, -0.25) is 0 Å². The van der Waals surface area contributed by atoms with Crippen molar-refractivity contribution in [3.8, 4) is 34.6 Å². The molecule has 6 aromatic carbocycles. The molecule has 7 heteroatoms. The van der Waals surface area contributed by atoms with Crippen molar-refractivity contribution in [1.82, 2.24) is 9.13 Å². The number of nitriles is 2. The number of aromatic nitrogens is 2. The molecule has 4 nitrogen and oxygen atoms in total. The standard InChI is InChI=1S/C43H29F3N4/c1-24-5-9-37-33(13-24)34-14-25(2)6-10-38(34)49(37)41-21-32(29-17-28(22-47)18-31(19-29)43(44,45)46)42(20-30(41)23-48)50-39-11-7-26(3)15-35(39)36-16-27(4)8-12-40(36)50/h5-21H,1-4H3. The fourth-order valence-electron chi connectivity index (χ4n) is 7.30. The number of halogens is 3. The van der Waals surface area contributed by atoms with Crippen molar-refractivity contribution in [1.29, 1.82) is 10.5 Å². The van der Waals surface area contributed by atoms with Crippen LogP contribution in [0.3, 0.4) is 0 Å².